The fraction of sp³-hybridized carbons (Fsp3) is 1.00. The van der Waals surface area contributed by atoms with Crippen LogP contribution in [-0.4, -0.2) is 69.3 Å². The SMILES string of the molecule is COCCN1CCCN(CCCCN)CC1. The minimum Gasteiger partial charge on any atom is -0.383 e. The molecule has 0 spiro atoms. The van der Waals surface area contributed by atoms with Crippen LogP contribution in [0.1, 0.15) is 19.3 Å². The Labute approximate surface area is 99.7 Å². The molecule has 0 unspecified atom stereocenters. The molecule has 4 heteroatoms. The molecule has 4 nitrogen and oxygen atoms in total. The van der Waals surface area contributed by atoms with Gasteiger partial charge in [0.2, 0.25) is 0 Å². The summed E-state index contributed by atoms with van der Waals surface area (Å²) in [6.45, 7) is 8.83. The van der Waals surface area contributed by atoms with Gasteiger partial charge >= 0.3 is 0 Å². The molecule has 0 amide bonds. The molecule has 0 radical (unpaired) electrons. The molecule has 2 N–H and O–H groups in total. The van der Waals surface area contributed by atoms with Gasteiger partial charge in [-0.3, -0.25) is 4.90 Å². The predicted molar refractivity (Wildman–Crippen MR) is 67.7 cm³/mol. The lowest BCUT2D eigenvalue weighted by molar-refractivity contribution is 0.149. The summed E-state index contributed by atoms with van der Waals surface area (Å²) in [7, 11) is 1.77. The molecule has 1 fully saturated rings. The lowest BCUT2D eigenvalue weighted by Gasteiger charge is -2.21. The van der Waals surface area contributed by atoms with Crippen molar-refractivity contribution >= 4 is 0 Å². The number of ether oxygens (including phenoxy) is 1. The third-order valence-electron chi connectivity index (χ3n) is 3.22. The van der Waals surface area contributed by atoms with Crippen LogP contribution in [0, 0.1) is 0 Å². The van der Waals surface area contributed by atoms with Crippen molar-refractivity contribution in [2.45, 2.75) is 19.3 Å². The molecule has 0 aromatic carbocycles. The summed E-state index contributed by atoms with van der Waals surface area (Å²) >= 11 is 0. The second-order valence-corrected chi connectivity index (χ2v) is 4.53. The standard InChI is InChI=1S/C12H27N3O/c1-16-12-11-15-8-4-7-14(9-10-15)6-3-2-5-13/h2-13H2,1H3. The zero-order valence-electron chi connectivity index (χ0n) is 10.7. The number of hydrogen-bond donors (Lipinski definition) is 1. The topological polar surface area (TPSA) is 41.7 Å². The van der Waals surface area contributed by atoms with Gasteiger partial charge < -0.3 is 15.4 Å². The minimum atomic E-state index is 0.827. The van der Waals surface area contributed by atoms with Gasteiger partial charge in [0.1, 0.15) is 0 Å². The summed E-state index contributed by atoms with van der Waals surface area (Å²) in [6.07, 6.45) is 3.69. The largest absolute Gasteiger partial charge is 0.383 e. The fourth-order valence-electron chi connectivity index (χ4n) is 2.17. The third kappa shape index (κ3) is 5.80. The lowest BCUT2D eigenvalue weighted by Crippen LogP contribution is -2.33. The maximum absolute atomic E-state index is 5.51. The molecule has 0 bridgehead atoms. The smallest absolute Gasteiger partial charge is 0.0589 e. The first-order valence-electron chi connectivity index (χ1n) is 6.50. The van der Waals surface area contributed by atoms with Crippen molar-refractivity contribution < 1.29 is 4.74 Å². The lowest BCUT2D eigenvalue weighted by atomic mass is 10.3. The van der Waals surface area contributed by atoms with Crippen molar-refractivity contribution in [1.29, 1.82) is 0 Å². The van der Waals surface area contributed by atoms with E-state index in [4.69, 9.17) is 10.5 Å². The average molecular weight is 229 g/mol. The van der Waals surface area contributed by atoms with E-state index < -0.39 is 0 Å². The molecule has 1 aliphatic rings. The number of rotatable bonds is 7. The highest BCUT2D eigenvalue weighted by Gasteiger charge is 2.13. The molecular weight excluding hydrogens is 202 g/mol. The number of nitrogens with two attached hydrogens (primary N) is 1. The normalized spacial score (nSPS) is 19.9. The van der Waals surface area contributed by atoms with Gasteiger partial charge in [-0.1, -0.05) is 0 Å². The van der Waals surface area contributed by atoms with Gasteiger partial charge in [0, 0.05) is 26.7 Å². The second-order valence-electron chi connectivity index (χ2n) is 4.53. The number of hydrogen-bond acceptors (Lipinski definition) is 4. The van der Waals surface area contributed by atoms with Crippen LogP contribution in [0.25, 0.3) is 0 Å². The Balaban J connectivity index is 2.13. The fourth-order valence-corrected chi connectivity index (χ4v) is 2.17. The van der Waals surface area contributed by atoms with Crippen LogP contribution in [0.3, 0.4) is 0 Å². The molecule has 1 saturated heterocycles. The Morgan fingerprint density at radius 1 is 1.00 bits per heavy atom. The third-order valence-corrected chi connectivity index (χ3v) is 3.22. The Hall–Kier alpha value is -0.160. The van der Waals surface area contributed by atoms with Gasteiger partial charge in [-0.15, -0.1) is 0 Å². The van der Waals surface area contributed by atoms with Gasteiger partial charge in [0.15, 0.2) is 0 Å². The quantitative estimate of drug-likeness (QED) is 0.641. The molecule has 0 aromatic heterocycles. The van der Waals surface area contributed by atoms with E-state index in [2.05, 4.69) is 9.80 Å². The number of methoxy groups -OCH3 is 1. The molecule has 0 aliphatic carbocycles. The highest BCUT2D eigenvalue weighted by molar-refractivity contribution is 4.69. The van der Waals surface area contributed by atoms with Crippen molar-refractivity contribution in [1.82, 2.24) is 9.80 Å². The van der Waals surface area contributed by atoms with Crippen LogP contribution in [-0.2, 0) is 4.74 Å². The van der Waals surface area contributed by atoms with E-state index in [1.165, 1.54) is 45.6 Å². The van der Waals surface area contributed by atoms with E-state index in [9.17, 15) is 0 Å². The van der Waals surface area contributed by atoms with Crippen LogP contribution in [0.4, 0.5) is 0 Å². The van der Waals surface area contributed by atoms with E-state index in [0.29, 0.717) is 0 Å². The molecule has 0 saturated carbocycles. The summed E-state index contributed by atoms with van der Waals surface area (Å²) in [6, 6.07) is 0. The second kappa shape index (κ2) is 8.93. The van der Waals surface area contributed by atoms with Crippen LogP contribution in [0.15, 0.2) is 0 Å². The Morgan fingerprint density at radius 2 is 1.69 bits per heavy atom. The van der Waals surface area contributed by atoms with E-state index in [1.54, 1.807) is 7.11 Å². The maximum Gasteiger partial charge on any atom is 0.0589 e. The van der Waals surface area contributed by atoms with E-state index in [0.717, 1.165) is 26.1 Å². The molecular formula is C12H27N3O. The van der Waals surface area contributed by atoms with Crippen molar-refractivity contribution in [3.63, 3.8) is 0 Å². The molecule has 1 rings (SSSR count). The zero-order valence-corrected chi connectivity index (χ0v) is 10.7. The summed E-state index contributed by atoms with van der Waals surface area (Å²) in [5.74, 6) is 0. The number of unbranched alkanes of at least 4 members (excludes halogenated alkanes) is 1. The molecule has 16 heavy (non-hydrogen) atoms. The summed E-state index contributed by atoms with van der Waals surface area (Å²) in [5, 5.41) is 0. The molecule has 0 aromatic rings. The number of nitrogens with zero attached hydrogens (tertiary/aromatic N) is 2. The van der Waals surface area contributed by atoms with Gasteiger partial charge in [-0.25, -0.2) is 0 Å². The van der Waals surface area contributed by atoms with Crippen LogP contribution >= 0.6 is 0 Å². The highest BCUT2D eigenvalue weighted by Crippen LogP contribution is 2.04. The average Bonchev–Trinajstić information content (AvgIpc) is 2.52. The van der Waals surface area contributed by atoms with Gasteiger partial charge in [-0.05, 0) is 45.4 Å². The van der Waals surface area contributed by atoms with Crippen molar-refractivity contribution in [2.75, 3.05) is 59.5 Å². The zero-order chi connectivity index (χ0) is 11.6. The Morgan fingerprint density at radius 3 is 2.31 bits per heavy atom. The molecule has 1 aliphatic heterocycles. The summed E-state index contributed by atoms with van der Waals surface area (Å²) < 4.78 is 5.12. The van der Waals surface area contributed by atoms with Crippen LogP contribution in [0.2, 0.25) is 0 Å². The molecule has 96 valence electrons. The van der Waals surface area contributed by atoms with Crippen molar-refractivity contribution in [3.05, 3.63) is 0 Å². The van der Waals surface area contributed by atoms with Crippen molar-refractivity contribution in [3.8, 4) is 0 Å². The van der Waals surface area contributed by atoms with E-state index in [-0.39, 0.29) is 0 Å². The first kappa shape index (κ1) is 13.9. The summed E-state index contributed by atoms with van der Waals surface area (Å²) in [5.41, 5.74) is 5.51. The Kier molecular flexibility index (Phi) is 7.76. The molecule has 1 heterocycles. The first-order chi connectivity index (χ1) is 7.86. The van der Waals surface area contributed by atoms with E-state index in [1.807, 2.05) is 0 Å². The molecule has 0 atom stereocenters. The van der Waals surface area contributed by atoms with Crippen LogP contribution in [0.5, 0.6) is 0 Å². The minimum absolute atomic E-state index is 0.827. The summed E-state index contributed by atoms with van der Waals surface area (Å²) in [4.78, 5) is 5.08. The predicted octanol–water partition coefficient (Wildman–Crippen LogP) is 0.379. The van der Waals surface area contributed by atoms with E-state index >= 15 is 0 Å². The van der Waals surface area contributed by atoms with Gasteiger partial charge in [0.25, 0.3) is 0 Å². The van der Waals surface area contributed by atoms with Gasteiger partial charge in [0.05, 0.1) is 6.61 Å². The first-order valence-corrected chi connectivity index (χ1v) is 6.50. The Bertz CT molecular complexity index is 166. The monoisotopic (exact) mass is 229 g/mol. The maximum atomic E-state index is 5.51. The van der Waals surface area contributed by atoms with Crippen molar-refractivity contribution in [2.24, 2.45) is 5.73 Å². The van der Waals surface area contributed by atoms with Crippen LogP contribution < -0.4 is 5.73 Å². The van der Waals surface area contributed by atoms with Gasteiger partial charge in [-0.2, -0.15) is 0 Å². The highest BCUT2D eigenvalue weighted by atomic mass is 16.5.